The van der Waals surface area contributed by atoms with Crippen molar-refractivity contribution in [3.63, 3.8) is 0 Å². The van der Waals surface area contributed by atoms with Crippen LogP contribution in [-0.2, 0) is 4.74 Å². The summed E-state index contributed by atoms with van der Waals surface area (Å²) < 4.78 is 7.45. The highest BCUT2D eigenvalue weighted by Crippen LogP contribution is 2.35. The van der Waals surface area contributed by atoms with E-state index >= 15 is 0 Å². The summed E-state index contributed by atoms with van der Waals surface area (Å²) >= 11 is 7.58. The van der Waals surface area contributed by atoms with Gasteiger partial charge in [0.05, 0.1) is 0 Å². The van der Waals surface area contributed by atoms with Gasteiger partial charge in [0.25, 0.3) is 0 Å². The van der Waals surface area contributed by atoms with Crippen molar-refractivity contribution in [1.29, 1.82) is 0 Å². The zero-order valence-corrected chi connectivity index (χ0v) is 16.5. The summed E-state index contributed by atoms with van der Waals surface area (Å²) in [7, 11) is 0. The maximum absolute atomic E-state index is 10.9. The van der Waals surface area contributed by atoms with E-state index in [1.165, 1.54) is 20.8 Å². The van der Waals surface area contributed by atoms with Crippen molar-refractivity contribution in [2.75, 3.05) is 13.1 Å². The minimum absolute atomic E-state index is 0.0186. The van der Waals surface area contributed by atoms with Crippen LogP contribution in [0.4, 0.5) is 0 Å². The van der Waals surface area contributed by atoms with Gasteiger partial charge in [-0.25, -0.2) is 4.98 Å². The summed E-state index contributed by atoms with van der Waals surface area (Å²) in [5.74, 6) is 0.826. The molecule has 2 aromatic heterocycles. The molecule has 1 saturated heterocycles. The molecule has 3 heterocycles. The highest BCUT2D eigenvalue weighted by molar-refractivity contribution is 7.17. The highest BCUT2D eigenvalue weighted by Gasteiger charge is 2.37. The first-order valence-corrected chi connectivity index (χ1v) is 9.92. The summed E-state index contributed by atoms with van der Waals surface area (Å²) in [6, 6.07) is 7.84. The number of nitrogens with zero attached hydrogens (tertiary/aromatic N) is 3. The number of aryl methyl sites for hydroxylation is 1. The van der Waals surface area contributed by atoms with Crippen LogP contribution < -0.4 is 4.90 Å². The molecule has 4 atom stereocenters. The van der Waals surface area contributed by atoms with Crippen molar-refractivity contribution in [1.82, 2.24) is 14.6 Å². The molecular weight excluding hydrogens is 372 g/mol. The van der Waals surface area contributed by atoms with Gasteiger partial charge in [0.15, 0.2) is 6.04 Å². The molecule has 6 nitrogen and oxygen atoms in total. The Morgan fingerprint density at radius 3 is 2.54 bits per heavy atom. The Labute approximate surface area is 161 Å². The van der Waals surface area contributed by atoms with Crippen LogP contribution >= 0.6 is 22.9 Å². The second-order valence-electron chi connectivity index (χ2n) is 6.95. The Bertz CT molecular complexity index is 913. The molecule has 1 aliphatic rings. The zero-order chi connectivity index (χ0) is 18.4. The van der Waals surface area contributed by atoms with E-state index in [-0.39, 0.29) is 24.1 Å². The van der Waals surface area contributed by atoms with E-state index in [9.17, 15) is 5.11 Å². The number of benzene rings is 1. The molecule has 2 N–H and O–H groups in total. The van der Waals surface area contributed by atoms with Crippen LogP contribution in [0, 0.1) is 6.92 Å². The molecule has 3 aromatic rings. The number of nitrogens with one attached hydrogen (secondary N) is 1. The zero-order valence-electron chi connectivity index (χ0n) is 14.9. The van der Waals surface area contributed by atoms with Gasteiger partial charge in [-0.2, -0.15) is 4.52 Å². The second kappa shape index (κ2) is 6.81. The predicted molar refractivity (Wildman–Crippen MR) is 101 cm³/mol. The average Bonchev–Trinajstić information content (AvgIpc) is 3.07. The van der Waals surface area contributed by atoms with Crippen molar-refractivity contribution in [2.45, 2.75) is 39.0 Å². The third-order valence-electron chi connectivity index (χ3n) is 4.74. The third-order valence-corrected chi connectivity index (χ3v) is 6.08. The van der Waals surface area contributed by atoms with Crippen LogP contribution in [0.1, 0.15) is 36.2 Å². The van der Waals surface area contributed by atoms with Crippen molar-refractivity contribution in [3.05, 3.63) is 45.6 Å². The Morgan fingerprint density at radius 2 is 1.92 bits per heavy atom. The third kappa shape index (κ3) is 3.20. The number of fused-ring (bicyclic) bond motifs is 1. The number of morpholine rings is 1. The van der Waals surface area contributed by atoms with E-state index < -0.39 is 0 Å². The SMILES string of the molecule is Cc1nc2sc([C@H](c3ccc(Cl)cc3)[NH+]3C[C@@H](C)O[C@@H](C)C3)c(O)n2n1. The molecule has 4 rings (SSSR count). The predicted octanol–water partition coefficient (Wildman–Crippen LogP) is 2.24. The monoisotopic (exact) mass is 393 g/mol. The van der Waals surface area contributed by atoms with Crippen LogP contribution in [0.5, 0.6) is 5.88 Å². The maximum atomic E-state index is 10.9. The number of hydrogen-bond acceptors (Lipinski definition) is 5. The first-order chi connectivity index (χ1) is 12.4. The fourth-order valence-electron chi connectivity index (χ4n) is 3.81. The summed E-state index contributed by atoms with van der Waals surface area (Å²) in [6.07, 6.45) is 0.324. The van der Waals surface area contributed by atoms with Crippen molar-refractivity contribution in [3.8, 4) is 5.88 Å². The van der Waals surface area contributed by atoms with Gasteiger partial charge < -0.3 is 14.7 Å². The first-order valence-electron chi connectivity index (χ1n) is 8.73. The molecule has 1 aliphatic heterocycles. The molecule has 1 aromatic carbocycles. The van der Waals surface area contributed by atoms with Crippen LogP contribution in [0.25, 0.3) is 4.96 Å². The second-order valence-corrected chi connectivity index (χ2v) is 8.40. The lowest BCUT2D eigenvalue weighted by Gasteiger charge is -2.37. The van der Waals surface area contributed by atoms with Gasteiger partial charge in [-0.3, -0.25) is 0 Å². The van der Waals surface area contributed by atoms with Gasteiger partial charge in [0, 0.05) is 10.6 Å². The number of thiazole rings is 1. The number of hydrogen-bond donors (Lipinski definition) is 2. The van der Waals surface area contributed by atoms with Crippen molar-refractivity contribution >= 4 is 27.9 Å². The Hall–Kier alpha value is -1.67. The summed E-state index contributed by atoms with van der Waals surface area (Å²) in [5.41, 5.74) is 1.11. The normalized spacial score (nSPS) is 24.8. The van der Waals surface area contributed by atoms with Gasteiger partial charge >= 0.3 is 0 Å². The van der Waals surface area contributed by atoms with Crippen LogP contribution in [-0.4, -0.2) is 45.0 Å². The van der Waals surface area contributed by atoms with Gasteiger partial charge in [0.1, 0.15) is 36.0 Å². The molecule has 0 saturated carbocycles. The number of aromatic nitrogens is 3. The molecule has 0 aliphatic carbocycles. The Balaban J connectivity index is 1.82. The molecule has 0 bridgehead atoms. The van der Waals surface area contributed by atoms with E-state index in [0.717, 1.165) is 23.5 Å². The van der Waals surface area contributed by atoms with Gasteiger partial charge in [-0.05, 0) is 32.9 Å². The molecular formula is C18H22ClN4O2S+. The number of halogens is 1. The van der Waals surface area contributed by atoms with Crippen LogP contribution in [0.2, 0.25) is 5.02 Å². The standard InChI is InChI=1S/C18H21ClN4O2S/c1-10-8-22(9-11(2)25-10)15(13-4-6-14(19)7-5-13)16-17(24)23-18(26-16)20-12(3)21-23/h4-7,10-11,15,24H,8-9H2,1-3H3/p+1/t10-,11+,15-/m0/s1. The van der Waals surface area contributed by atoms with E-state index in [1.54, 1.807) is 0 Å². The van der Waals surface area contributed by atoms with Gasteiger partial charge in [-0.1, -0.05) is 35.1 Å². The van der Waals surface area contributed by atoms with Gasteiger partial charge in [0.2, 0.25) is 10.8 Å². The van der Waals surface area contributed by atoms with E-state index in [4.69, 9.17) is 16.3 Å². The lowest BCUT2D eigenvalue weighted by atomic mass is 10.0. The maximum Gasteiger partial charge on any atom is 0.235 e. The smallest absolute Gasteiger partial charge is 0.235 e. The molecule has 0 amide bonds. The summed E-state index contributed by atoms with van der Waals surface area (Å²) in [4.78, 5) is 7.36. The van der Waals surface area contributed by atoms with Gasteiger partial charge in [-0.15, -0.1) is 5.10 Å². The Morgan fingerprint density at radius 1 is 1.27 bits per heavy atom. The fourth-order valence-corrected chi connectivity index (χ4v) is 5.13. The van der Waals surface area contributed by atoms with Crippen LogP contribution in [0.15, 0.2) is 24.3 Å². The summed E-state index contributed by atoms with van der Waals surface area (Å²) in [6.45, 7) is 7.75. The van der Waals surface area contributed by atoms with E-state index in [0.29, 0.717) is 15.8 Å². The highest BCUT2D eigenvalue weighted by atomic mass is 35.5. The topological polar surface area (TPSA) is 64.1 Å². The lowest BCUT2D eigenvalue weighted by molar-refractivity contribution is -0.939. The first kappa shape index (κ1) is 17.7. The molecule has 138 valence electrons. The summed E-state index contributed by atoms with van der Waals surface area (Å²) in [5, 5.41) is 15.9. The molecule has 0 radical (unpaired) electrons. The van der Waals surface area contributed by atoms with Crippen molar-refractivity contribution in [2.24, 2.45) is 0 Å². The molecule has 1 unspecified atom stereocenters. The quantitative estimate of drug-likeness (QED) is 0.716. The fraction of sp³-hybridized carbons (Fsp3) is 0.444. The molecule has 1 fully saturated rings. The van der Waals surface area contributed by atoms with E-state index in [2.05, 4.69) is 23.9 Å². The number of quaternary nitrogens is 1. The van der Waals surface area contributed by atoms with Crippen LogP contribution in [0.3, 0.4) is 0 Å². The average molecular weight is 394 g/mol. The minimum Gasteiger partial charge on any atom is -0.492 e. The van der Waals surface area contributed by atoms with Crippen molar-refractivity contribution < 1.29 is 14.7 Å². The molecule has 0 spiro atoms. The van der Waals surface area contributed by atoms with E-state index in [1.807, 2.05) is 31.2 Å². The lowest BCUT2D eigenvalue weighted by Crippen LogP contribution is -3.15. The number of rotatable bonds is 3. The number of aromatic hydroxyl groups is 1. The Kier molecular flexibility index (Phi) is 4.64. The minimum atomic E-state index is -0.0186. The molecule has 8 heteroatoms. The largest absolute Gasteiger partial charge is 0.492 e. The molecule has 26 heavy (non-hydrogen) atoms. The number of ether oxygens (including phenoxy) is 1.